The van der Waals surface area contributed by atoms with Crippen molar-refractivity contribution in [2.75, 3.05) is 11.9 Å². The lowest BCUT2D eigenvalue weighted by atomic mass is 10.1. The van der Waals surface area contributed by atoms with Crippen LogP contribution >= 0.6 is 0 Å². The minimum absolute atomic E-state index is 0.0484. The predicted octanol–water partition coefficient (Wildman–Crippen LogP) is 2.12. The number of rotatable bonds is 4. The van der Waals surface area contributed by atoms with Gasteiger partial charge in [0, 0.05) is 13.6 Å². The van der Waals surface area contributed by atoms with Crippen LogP contribution in [0.1, 0.15) is 21.6 Å². The van der Waals surface area contributed by atoms with E-state index in [1.165, 1.54) is 23.5 Å². The van der Waals surface area contributed by atoms with Crippen molar-refractivity contribution in [3.8, 4) is 0 Å². The van der Waals surface area contributed by atoms with Crippen LogP contribution in [-0.4, -0.2) is 28.1 Å². The molecule has 2 aromatic rings. The minimum Gasteiger partial charge on any atom is -0.476 e. The minimum atomic E-state index is -1.07. The molecule has 0 amide bonds. The van der Waals surface area contributed by atoms with Gasteiger partial charge in [-0.25, -0.2) is 14.8 Å². The van der Waals surface area contributed by atoms with E-state index in [1.807, 2.05) is 37.1 Å². The summed E-state index contributed by atoms with van der Waals surface area (Å²) in [6.45, 7) is 2.74. The molecule has 1 aromatic heterocycles. The number of benzene rings is 1. The highest BCUT2D eigenvalue weighted by Gasteiger charge is 2.08. The fraction of sp³-hybridized carbons (Fsp3) is 0.214. The van der Waals surface area contributed by atoms with Gasteiger partial charge >= 0.3 is 5.97 Å². The second kappa shape index (κ2) is 5.48. The first-order chi connectivity index (χ1) is 9.06. The molecule has 98 valence electrons. The van der Waals surface area contributed by atoms with E-state index in [4.69, 9.17) is 5.11 Å². The maximum Gasteiger partial charge on any atom is 0.356 e. The summed E-state index contributed by atoms with van der Waals surface area (Å²) in [7, 11) is 1.90. The Hall–Kier alpha value is -2.43. The van der Waals surface area contributed by atoms with Crippen molar-refractivity contribution < 1.29 is 9.90 Å². The summed E-state index contributed by atoms with van der Waals surface area (Å²) in [5, 5.41) is 8.76. The van der Waals surface area contributed by atoms with E-state index in [0.29, 0.717) is 12.4 Å². The number of aryl methyl sites for hydroxylation is 1. The number of nitrogens with zero attached hydrogens (tertiary/aromatic N) is 3. The summed E-state index contributed by atoms with van der Waals surface area (Å²) in [6, 6.07) is 8.21. The molecule has 1 heterocycles. The topological polar surface area (TPSA) is 66.3 Å². The quantitative estimate of drug-likeness (QED) is 0.908. The van der Waals surface area contributed by atoms with E-state index >= 15 is 0 Å². The summed E-state index contributed by atoms with van der Waals surface area (Å²) in [5.41, 5.74) is 2.33. The van der Waals surface area contributed by atoms with Crippen LogP contribution in [0.15, 0.2) is 36.7 Å². The fourth-order valence-corrected chi connectivity index (χ4v) is 1.79. The van der Waals surface area contributed by atoms with E-state index in [1.54, 1.807) is 0 Å². The van der Waals surface area contributed by atoms with Crippen LogP contribution in [0.3, 0.4) is 0 Å². The largest absolute Gasteiger partial charge is 0.476 e. The first-order valence-electron chi connectivity index (χ1n) is 5.88. The van der Waals surface area contributed by atoms with E-state index in [0.717, 1.165) is 0 Å². The van der Waals surface area contributed by atoms with Gasteiger partial charge in [-0.15, -0.1) is 0 Å². The van der Waals surface area contributed by atoms with Gasteiger partial charge in [-0.1, -0.05) is 29.8 Å². The third kappa shape index (κ3) is 3.28. The standard InChI is InChI=1S/C14H15N3O2/c1-10-4-3-5-11(6-10)9-17(2)13-8-15-12(7-16-13)14(18)19/h3-8H,9H2,1-2H3,(H,18,19). The smallest absolute Gasteiger partial charge is 0.356 e. The highest BCUT2D eigenvalue weighted by Crippen LogP contribution is 2.12. The van der Waals surface area contributed by atoms with Crippen molar-refractivity contribution in [1.29, 1.82) is 0 Å². The maximum absolute atomic E-state index is 10.7. The van der Waals surface area contributed by atoms with Crippen molar-refractivity contribution in [1.82, 2.24) is 9.97 Å². The highest BCUT2D eigenvalue weighted by atomic mass is 16.4. The first kappa shape index (κ1) is 13.0. The number of hydrogen-bond acceptors (Lipinski definition) is 4. The van der Waals surface area contributed by atoms with Crippen LogP contribution in [0.25, 0.3) is 0 Å². The Labute approximate surface area is 111 Å². The normalized spacial score (nSPS) is 10.2. The number of carbonyl (C=O) groups is 1. The zero-order chi connectivity index (χ0) is 13.8. The molecule has 0 saturated carbocycles. The average Bonchev–Trinajstić information content (AvgIpc) is 2.39. The van der Waals surface area contributed by atoms with Crippen molar-refractivity contribution in [2.45, 2.75) is 13.5 Å². The Morgan fingerprint density at radius 1 is 1.32 bits per heavy atom. The molecule has 1 N–H and O–H groups in total. The lowest BCUT2D eigenvalue weighted by Crippen LogP contribution is -2.18. The molecule has 0 fully saturated rings. The van der Waals surface area contributed by atoms with Crippen LogP contribution in [-0.2, 0) is 6.54 Å². The Kier molecular flexibility index (Phi) is 3.75. The van der Waals surface area contributed by atoms with Crippen LogP contribution < -0.4 is 4.90 Å². The number of aromatic carboxylic acids is 1. The molecule has 5 nitrogen and oxygen atoms in total. The average molecular weight is 257 g/mol. The van der Waals surface area contributed by atoms with E-state index in [9.17, 15) is 4.79 Å². The lowest BCUT2D eigenvalue weighted by molar-refractivity contribution is 0.0690. The number of carboxylic acid groups (broad SMARTS) is 1. The van der Waals surface area contributed by atoms with Gasteiger partial charge in [-0.2, -0.15) is 0 Å². The lowest BCUT2D eigenvalue weighted by Gasteiger charge is -2.18. The molecule has 0 spiro atoms. The van der Waals surface area contributed by atoms with Gasteiger partial charge in [-0.05, 0) is 12.5 Å². The van der Waals surface area contributed by atoms with Gasteiger partial charge in [0.1, 0.15) is 5.82 Å². The molecule has 0 unspecified atom stereocenters. The second-order valence-electron chi connectivity index (χ2n) is 4.41. The highest BCUT2D eigenvalue weighted by molar-refractivity contribution is 5.84. The molecule has 0 bridgehead atoms. The Bertz CT molecular complexity index is 581. The van der Waals surface area contributed by atoms with Gasteiger partial charge in [0.05, 0.1) is 12.4 Å². The Morgan fingerprint density at radius 3 is 2.68 bits per heavy atom. The summed E-state index contributed by atoms with van der Waals surface area (Å²) in [5.74, 6) is -0.424. The Balaban J connectivity index is 2.11. The molecule has 0 aliphatic heterocycles. The summed E-state index contributed by atoms with van der Waals surface area (Å²) in [6.07, 6.45) is 2.74. The molecule has 1 aromatic carbocycles. The van der Waals surface area contributed by atoms with Gasteiger partial charge < -0.3 is 10.0 Å². The monoisotopic (exact) mass is 257 g/mol. The van der Waals surface area contributed by atoms with Crippen LogP contribution in [0.5, 0.6) is 0 Å². The van der Waals surface area contributed by atoms with Gasteiger partial charge in [0.2, 0.25) is 0 Å². The second-order valence-corrected chi connectivity index (χ2v) is 4.41. The van der Waals surface area contributed by atoms with Crippen LogP contribution in [0, 0.1) is 6.92 Å². The van der Waals surface area contributed by atoms with Crippen molar-refractivity contribution in [3.63, 3.8) is 0 Å². The van der Waals surface area contributed by atoms with Crippen molar-refractivity contribution in [2.24, 2.45) is 0 Å². The third-order valence-electron chi connectivity index (χ3n) is 2.75. The molecular formula is C14H15N3O2. The van der Waals surface area contributed by atoms with Gasteiger partial charge in [0.25, 0.3) is 0 Å². The SMILES string of the molecule is Cc1cccc(CN(C)c2cnc(C(=O)O)cn2)c1. The Morgan fingerprint density at radius 2 is 2.11 bits per heavy atom. The zero-order valence-corrected chi connectivity index (χ0v) is 10.9. The fourth-order valence-electron chi connectivity index (χ4n) is 1.79. The molecule has 0 atom stereocenters. The van der Waals surface area contributed by atoms with Crippen LogP contribution in [0.2, 0.25) is 0 Å². The van der Waals surface area contributed by atoms with Gasteiger partial charge in [0.15, 0.2) is 5.69 Å². The van der Waals surface area contributed by atoms with Crippen molar-refractivity contribution in [3.05, 3.63) is 53.5 Å². The molecule has 0 aliphatic carbocycles. The number of carboxylic acids is 1. The molecular weight excluding hydrogens is 242 g/mol. The third-order valence-corrected chi connectivity index (χ3v) is 2.75. The number of anilines is 1. The van der Waals surface area contributed by atoms with E-state index in [-0.39, 0.29) is 5.69 Å². The van der Waals surface area contributed by atoms with Gasteiger partial charge in [-0.3, -0.25) is 0 Å². The van der Waals surface area contributed by atoms with Crippen LogP contribution in [0.4, 0.5) is 5.82 Å². The molecule has 19 heavy (non-hydrogen) atoms. The number of aromatic nitrogens is 2. The van der Waals surface area contributed by atoms with Crippen molar-refractivity contribution >= 4 is 11.8 Å². The molecule has 0 aliphatic rings. The predicted molar refractivity (Wildman–Crippen MR) is 72.3 cm³/mol. The summed E-state index contributed by atoms with van der Waals surface area (Å²) in [4.78, 5) is 20.6. The zero-order valence-electron chi connectivity index (χ0n) is 10.9. The molecule has 0 radical (unpaired) electrons. The molecule has 0 saturated heterocycles. The van der Waals surface area contributed by atoms with E-state index < -0.39 is 5.97 Å². The summed E-state index contributed by atoms with van der Waals surface area (Å²) < 4.78 is 0. The maximum atomic E-state index is 10.7. The number of hydrogen-bond donors (Lipinski definition) is 1. The summed E-state index contributed by atoms with van der Waals surface area (Å²) >= 11 is 0. The molecule has 5 heteroatoms. The van der Waals surface area contributed by atoms with E-state index in [2.05, 4.69) is 16.0 Å². The first-order valence-corrected chi connectivity index (χ1v) is 5.88. The molecule has 2 rings (SSSR count).